The van der Waals surface area contributed by atoms with E-state index in [0.717, 1.165) is 36.5 Å². The summed E-state index contributed by atoms with van der Waals surface area (Å²) in [6.07, 6.45) is -3.60. The molecule has 1 atom stereocenters. The van der Waals surface area contributed by atoms with Crippen LogP contribution in [0.4, 0.5) is 23.7 Å². The van der Waals surface area contributed by atoms with Gasteiger partial charge in [-0.3, -0.25) is 9.78 Å². The second kappa shape index (κ2) is 12.8. The number of hydrogen-bond donors (Lipinski definition) is 2. The number of anilines is 1. The van der Waals surface area contributed by atoms with Crippen molar-refractivity contribution < 1.29 is 32.2 Å². The van der Waals surface area contributed by atoms with Gasteiger partial charge >= 0.3 is 12.3 Å². The molecule has 224 valence electrons. The van der Waals surface area contributed by atoms with E-state index in [0.29, 0.717) is 29.9 Å². The Hall–Kier alpha value is -4.12. The van der Waals surface area contributed by atoms with Gasteiger partial charge in [-0.25, -0.2) is 4.79 Å². The van der Waals surface area contributed by atoms with Gasteiger partial charge in [0, 0.05) is 31.5 Å². The molecule has 4 rings (SSSR count). The monoisotopic (exact) mass is 584 g/mol. The average Bonchev–Trinajstić information content (AvgIpc) is 2.95. The topological polar surface area (TPSA) is 92.8 Å². The van der Waals surface area contributed by atoms with Crippen molar-refractivity contribution in [1.82, 2.24) is 15.6 Å². The number of pyridine rings is 1. The molecule has 3 aromatic rings. The van der Waals surface area contributed by atoms with E-state index in [1.165, 1.54) is 6.07 Å². The van der Waals surface area contributed by atoms with Crippen molar-refractivity contribution in [3.8, 4) is 11.1 Å². The molecule has 2 heterocycles. The number of carbonyl (C=O) groups excluding carboxylic acids is 2. The van der Waals surface area contributed by atoms with E-state index in [1.807, 2.05) is 13.0 Å². The van der Waals surface area contributed by atoms with E-state index in [1.54, 1.807) is 57.3 Å². The molecule has 8 nitrogen and oxygen atoms in total. The maximum absolute atomic E-state index is 13.5. The first-order valence-corrected chi connectivity index (χ1v) is 13.7. The number of alkyl carbamates (subject to hydrolysis) is 1. The molecule has 0 radical (unpaired) electrons. The summed E-state index contributed by atoms with van der Waals surface area (Å²) >= 11 is 0. The zero-order valence-electron chi connectivity index (χ0n) is 24.0. The van der Waals surface area contributed by atoms with E-state index >= 15 is 0 Å². The zero-order chi connectivity index (χ0) is 30.5. The van der Waals surface area contributed by atoms with Crippen molar-refractivity contribution in [3.05, 3.63) is 83.2 Å². The van der Waals surface area contributed by atoms with Gasteiger partial charge in [0.1, 0.15) is 11.3 Å². The standard InChI is InChI=1S/C31H35F3N4O4/c1-20(37-28(39)27-18-25(11-12-35-27)38-13-15-41-16-14-38)21-5-7-22(8-6-21)26-17-24(31(32,33)34)10-9-23(26)19-36-29(40)42-30(2,3)4/h5-12,17-18,20H,13-16,19H2,1-4H3,(H,36,40)(H,37,39)/t20-/m1/s1. The number of amides is 2. The van der Waals surface area contributed by atoms with Crippen LogP contribution in [-0.2, 0) is 22.2 Å². The van der Waals surface area contributed by atoms with Crippen molar-refractivity contribution in [2.24, 2.45) is 0 Å². The predicted octanol–water partition coefficient (Wildman–Crippen LogP) is 6.12. The summed E-state index contributed by atoms with van der Waals surface area (Å²) < 4.78 is 51.2. The molecule has 0 aliphatic carbocycles. The molecule has 1 fully saturated rings. The Morgan fingerprint density at radius 2 is 1.71 bits per heavy atom. The van der Waals surface area contributed by atoms with Gasteiger partial charge in [0.05, 0.1) is 24.8 Å². The van der Waals surface area contributed by atoms with E-state index in [4.69, 9.17) is 9.47 Å². The lowest BCUT2D eigenvalue weighted by molar-refractivity contribution is -0.137. The largest absolute Gasteiger partial charge is 0.444 e. The highest BCUT2D eigenvalue weighted by Gasteiger charge is 2.31. The normalized spacial score (nSPS) is 14.7. The highest BCUT2D eigenvalue weighted by molar-refractivity contribution is 5.93. The Kier molecular flexibility index (Phi) is 9.40. The quantitative estimate of drug-likeness (QED) is 0.348. The van der Waals surface area contributed by atoms with Crippen LogP contribution >= 0.6 is 0 Å². The molecule has 1 aliphatic heterocycles. The molecule has 1 aliphatic rings. The predicted molar refractivity (Wildman–Crippen MR) is 153 cm³/mol. The molecule has 2 amide bonds. The third-order valence-electron chi connectivity index (χ3n) is 6.68. The van der Waals surface area contributed by atoms with Crippen molar-refractivity contribution >= 4 is 17.7 Å². The third kappa shape index (κ3) is 8.22. The van der Waals surface area contributed by atoms with Crippen molar-refractivity contribution in [2.45, 2.75) is 52.1 Å². The van der Waals surface area contributed by atoms with Crippen LogP contribution in [0.2, 0.25) is 0 Å². The van der Waals surface area contributed by atoms with Gasteiger partial charge in [-0.1, -0.05) is 30.3 Å². The highest BCUT2D eigenvalue weighted by Crippen LogP contribution is 2.34. The first-order chi connectivity index (χ1) is 19.8. The number of rotatable bonds is 7. The summed E-state index contributed by atoms with van der Waals surface area (Å²) in [7, 11) is 0. The Morgan fingerprint density at radius 3 is 2.36 bits per heavy atom. The lowest BCUT2D eigenvalue weighted by Crippen LogP contribution is -2.36. The van der Waals surface area contributed by atoms with Gasteiger partial charge < -0.3 is 25.0 Å². The zero-order valence-corrected chi connectivity index (χ0v) is 24.0. The number of morpholine rings is 1. The maximum Gasteiger partial charge on any atom is 0.416 e. The molecule has 11 heteroatoms. The minimum Gasteiger partial charge on any atom is -0.444 e. The fourth-order valence-electron chi connectivity index (χ4n) is 4.52. The number of alkyl halides is 3. The second-order valence-electron chi connectivity index (χ2n) is 11.0. The molecule has 2 aromatic carbocycles. The molecule has 2 N–H and O–H groups in total. The summed E-state index contributed by atoms with van der Waals surface area (Å²) in [6.45, 7) is 9.68. The minimum absolute atomic E-state index is 0.0207. The van der Waals surface area contributed by atoms with Crippen LogP contribution < -0.4 is 15.5 Å². The molecule has 0 spiro atoms. The molecule has 0 saturated carbocycles. The molecular weight excluding hydrogens is 549 g/mol. The number of halogens is 3. The SMILES string of the molecule is C[C@@H](NC(=O)c1cc(N2CCOCC2)ccn1)c1ccc(-c2cc(C(F)(F)F)ccc2CNC(=O)OC(C)(C)C)cc1. The van der Waals surface area contributed by atoms with Gasteiger partial charge in [0.2, 0.25) is 0 Å². The first kappa shape index (κ1) is 30.8. The summed E-state index contributed by atoms with van der Waals surface area (Å²) in [5.41, 5.74) is 1.79. The average molecular weight is 585 g/mol. The molecule has 0 unspecified atom stereocenters. The number of carbonyl (C=O) groups is 2. The van der Waals surface area contributed by atoms with Gasteiger partial charge in [0.25, 0.3) is 5.91 Å². The number of hydrogen-bond acceptors (Lipinski definition) is 6. The summed E-state index contributed by atoms with van der Waals surface area (Å²) in [6, 6.07) is 13.5. The van der Waals surface area contributed by atoms with Gasteiger partial charge in [0.15, 0.2) is 0 Å². The maximum atomic E-state index is 13.5. The van der Waals surface area contributed by atoms with Crippen molar-refractivity contribution in [1.29, 1.82) is 0 Å². The van der Waals surface area contributed by atoms with Gasteiger partial charge in [-0.15, -0.1) is 0 Å². The molecule has 0 bridgehead atoms. The van der Waals surface area contributed by atoms with Crippen molar-refractivity contribution in [3.63, 3.8) is 0 Å². The summed E-state index contributed by atoms with van der Waals surface area (Å²) in [5, 5.41) is 5.55. The van der Waals surface area contributed by atoms with E-state index < -0.39 is 29.5 Å². The first-order valence-electron chi connectivity index (χ1n) is 13.7. The molecule has 1 saturated heterocycles. The van der Waals surface area contributed by atoms with E-state index in [2.05, 4.69) is 20.5 Å². The summed E-state index contributed by atoms with van der Waals surface area (Å²) in [4.78, 5) is 31.5. The van der Waals surface area contributed by atoms with Crippen molar-refractivity contribution in [2.75, 3.05) is 31.2 Å². The van der Waals surface area contributed by atoms with Gasteiger partial charge in [-0.05, 0) is 74.2 Å². The molecular formula is C31H35F3N4O4. The molecule has 1 aromatic heterocycles. The second-order valence-corrected chi connectivity index (χ2v) is 11.0. The Balaban J connectivity index is 1.49. The molecule has 42 heavy (non-hydrogen) atoms. The fourth-order valence-corrected chi connectivity index (χ4v) is 4.52. The van der Waals surface area contributed by atoms with Crippen LogP contribution in [0.3, 0.4) is 0 Å². The number of nitrogens with one attached hydrogen (secondary N) is 2. The van der Waals surface area contributed by atoms with E-state index in [9.17, 15) is 22.8 Å². The van der Waals surface area contributed by atoms with Gasteiger partial charge in [-0.2, -0.15) is 13.2 Å². The van der Waals surface area contributed by atoms with Crippen LogP contribution in [0, 0.1) is 0 Å². The number of benzene rings is 2. The fraction of sp³-hybridized carbons (Fsp3) is 0.387. The summed E-state index contributed by atoms with van der Waals surface area (Å²) in [5.74, 6) is -0.338. The lowest BCUT2D eigenvalue weighted by Gasteiger charge is -2.28. The Labute approximate surface area is 243 Å². The van der Waals surface area contributed by atoms with Crippen LogP contribution in [0.25, 0.3) is 11.1 Å². The van der Waals surface area contributed by atoms with Crippen LogP contribution in [0.1, 0.15) is 60.9 Å². The van der Waals surface area contributed by atoms with Crippen LogP contribution in [0.15, 0.2) is 60.8 Å². The lowest BCUT2D eigenvalue weighted by atomic mass is 9.95. The highest BCUT2D eigenvalue weighted by atomic mass is 19.4. The Bertz CT molecular complexity index is 1400. The minimum atomic E-state index is -4.53. The number of aromatic nitrogens is 1. The third-order valence-corrected chi connectivity index (χ3v) is 6.68. The number of ether oxygens (including phenoxy) is 2. The Morgan fingerprint density at radius 1 is 1.02 bits per heavy atom. The smallest absolute Gasteiger partial charge is 0.416 e. The van der Waals surface area contributed by atoms with Crippen LogP contribution in [0.5, 0.6) is 0 Å². The van der Waals surface area contributed by atoms with E-state index in [-0.39, 0.29) is 18.1 Å². The number of nitrogens with zero attached hydrogens (tertiary/aromatic N) is 2. The van der Waals surface area contributed by atoms with Crippen LogP contribution in [-0.4, -0.2) is 48.9 Å².